The standard InChI is InChI=1S/C16H24N2O2S/c1-20-14-5-7-15(8-6-14)21-13-16(19)17-9-4-12-18-10-2-3-11-18/h5-8H,2-4,9-13H2,1H3,(H,17,19). The van der Waals surface area contributed by atoms with Crippen LogP contribution in [-0.2, 0) is 4.79 Å². The number of carbonyl (C=O) groups is 1. The Balaban J connectivity index is 1.56. The normalized spacial score (nSPS) is 15.1. The minimum atomic E-state index is 0.109. The van der Waals surface area contributed by atoms with Crippen molar-refractivity contribution in [3.8, 4) is 5.75 Å². The van der Waals surface area contributed by atoms with E-state index in [9.17, 15) is 4.79 Å². The zero-order valence-electron chi connectivity index (χ0n) is 12.6. The molecule has 1 N–H and O–H groups in total. The van der Waals surface area contributed by atoms with Gasteiger partial charge in [0.1, 0.15) is 5.75 Å². The molecule has 1 aliphatic rings. The van der Waals surface area contributed by atoms with Crippen LogP contribution in [0.5, 0.6) is 5.75 Å². The second-order valence-electron chi connectivity index (χ2n) is 5.22. The number of methoxy groups -OCH3 is 1. The minimum absolute atomic E-state index is 0.109. The zero-order valence-corrected chi connectivity index (χ0v) is 13.5. The Morgan fingerprint density at radius 3 is 2.67 bits per heavy atom. The van der Waals surface area contributed by atoms with E-state index in [0.717, 1.165) is 30.2 Å². The number of hydrogen-bond donors (Lipinski definition) is 1. The summed E-state index contributed by atoms with van der Waals surface area (Å²) in [4.78, 5) is 15.3. The molecule has 1 heterocycles. The Morgan fingerprint density at radius 2 is 2.00 bits per heavy atom. The molecule has 1 aromatic rings. The predicted molar refractivity (Wildman–Crippen MR) is 87.0 cm³/mol. The lowest BCUT2D eigenvalue weighted by atomic mass is 10.3. The Kier molecular flexibility index (Phi) is 6.89. The number of thioether (sulfide) groups is 1. The maximum absolute atomic E-state index is 11.8. The summed E-state index contributed by atoms with van der Waals surface area (Å²) in [5.41, 5.74) is 0. The monoisotopic (exact) mass is 308 g/mol. The van der Waals surface area contributed by atoms with Crippen LogP contribution in [0.3, 0.4) is 0 Å². The van der Waals surface area contributed by atoms with Gasteiger partial charge in [-0.3, -0.25) is 4.79 Å². The molecule has 0 atom stereocenters. The van der Waals surface area contributed by atoms with Crippen molar-refractivity contribution < 1.29 is 9.53 Å². The first-order chi connectivity index (χ1) is 10.3. The van der Waals surface area contributed by atoms with Crippen molar-refractivity contribution in [2.24, 2.45) is 0 Å². The molecule has 116 valence electrons. The first-order valence-corrected chi connectivity index (χ1v) is 8.52. The van der Waals surface area contributed by atoms with Crippen LogP contribution in [0.4, 0.5) is 0 Å². The Hall–Kier alpha value is -1.20. The van der Waals surface area contributed by atoms with Crippen LogP contribution < -0.4 is 10.1 Å². The van der Waals surface area contributed by atoms with Crippen molar-refractivity contribution in [1.29, 1.82) is 0 Å². The fraction of sp³-hybridized carbons (Fsp3) is 0.562. The number of ether oxygens (including phenoxy) is 1. The van der Waals surface area contributed by atoms with Crippen molar-refractivity contribution in [2.45, 2.75) is 24.2 Å². The zero-order chi connectivity index (χ0) is 14.9. The van der Waals surface area contributed by atoms with Gasteiger partial charge >= 0.3 is 0 Å². The van der Waals surface area contributed by atoms with Gasteiger partial charge in [-0.2, -0.15) is 0 Å². The van der Waals surface area contributed by atoms with Crippen molar-refractivity contribution >= 4 is 17.7 Å². The van der Waals surface area contributed by atoms with Gasteiger partial charge in [0.15, 0.2) is 0 Å². The summed E-state index contributed by atoms with van der Waals surface area (Å²) in [7, 11) is 1.65. The topological polar surface area (TPSA) is 41.6 Å². The molecule has 1 fully saturated rings. The lowest BCUT2D eigenvalue weighted by Gasteiger charge is -2.14. The maximum Gasteiger partial charge on any atom is 0.230 e. The van der Waals surface area contributed by atoms with E-state index in [1.54, 1.807) is 18.9 Å². The van der Waals surface area contributed by atoms with E-state index >= 15 is 0 Å². The Bertz CT molecular complexity index is 430. The van der Waals surface area contributed by atoms with Crippen LogP contribution >= 0.6 is 11.8 Å². The van der Waals surface area contributed by atoms with Crippen molar-refractivity contribution in [1.82, 2.24) is 10.2 Å². The van der Waals surface area contributed by atoms with Gasteiger partial charge < -0.3 is 15.0 Å². The number of benzene rings is 1. The molecule has 0 aliphatic carbocycles. The van der Waals surface area contributed by atoms with Crippen molar-refractivity contribution in [3.05, 3.63) is 24.3 Å². The van der Waals surface area contributed by atoms with Crippen LogP contribution in [-0.4, -0.2) is 49.8 Å². The van der Waals surface area contributed by atoms with Gasteiger partial charge in [0.05, 0.1) is 12.9 Å². The molecule has 0 unspecified atom stereocenters. The summed E-state index contributed by atoms with van der Waals surface area (Å²) in [6, 6.07) is 7.78. The second kappa shape index (κ2) is 8.95. The molecule has 5 heteroatoms. The molecule has 21 heavy (non-hydrogen) atoms. The van der Waals surface area contributed by atoms with Crippen LogP contribution in [0.1, 0.15) is 19.3 Å². The summed E-state index contributed by atoms with van der Waals surface area (Å²) in [5, 5.41) is 2.99. The quantitative estimate of drug-likeness (QED) is 0.591. The summed E-state index contributed by atoms with van der Waals surface area (Å²) in [5.74, 6) is 1.42. The van der Waals surface area contributed by atoms with Gasteiger partial charge in [-0.25, -0.2) is 0 Å². The molecule has 0 radical (unpaired) electrons. The third-order valence-electron chi connectivity index (χ3n) is 3.60. The van der Waals surface area contributed by atoms with Crippen molar-refractivity contribution in [2.75, 3.05) is 39.0 Å². The fourth-order valence-corrected chi connectivity index (χ4v) is 3.14. The van der Waals surface area contributed by atoms with Crippen LogP contribution in [0.15, 0.2) is 29.2 Å². The molecular weight excluding hydrogens is 284 g/mol. The minimum Gasteiger partial charge on any atom is -0.497 e. The second-order valence-corrected chi connectivity index (χ2v) is 6.27. The smallest absolute Gasteiger partial charge is 0.230 e. The fourth-order valence-electron chi connectivity index (χ4n) is 2.41. The highest BCUT2D eigenvalue weighted by molar-refractivity contribution is 8.00. The summed E-state index contributed by atoms with van der Waals surface area (Å²) < 4.78 is 5.11. The highest BCUT2D eigenvalue weighted by Gasteiger charge is 2.10. The van der Waals surface area contributed by atoms with E-state index in [0.29, 0.717) is 5.75 Å². The molecular formula is C16H24N2O2S. The molecule has 2 rings (SSSR count). The van der Waals surface area contributed by atoms with Crippen LogP contribution in [0.2, 0.25) is 0 Å². The third-order valence-corrected chi connectivity index (χ3v) is 4.61. The summed E-state index contributed by atoms with van der Waals surface area (Å²) in [6.45, 7) is 4.33. The van der Waals surface area contributed by atoms with Gasteiger partial charge in [0.2, 0.25) is 5.91 Å². The molecule has 1 aliphatic heterocycles. The van der Waals surface area contributed by atoms with Gasteiger partial charge in [0.25, 0.3) is 0 Å². The highest BCUT2D eigenvalue weighted by atomic mass is 32.2. The average molecular weight is 308 g/mol. The maximum atomic E-state index is 11.8. The van der Waals surface area contributed by atoms with Gasteiger partial charge in [-0.1, -0.05) is 0 Å². The van der Waals surface area contributed by atoms with E-state index in [2.05, 4.69) is 10.2 Å². The number of rotatable bonds is 8. The molecule has 1 saturated heterocycles. The molecule has 0 saturated carbocycles. The summed E-state index contributed by atoms with van der Waals surface area (Å²) in [6.07, 6.45) is 3.69. The first kappa shape index (κ1) is 16.2. The van der Waals surface area contributed by atoms with Crippen LogP contribution in [0.25, 0.3) is 0 Å². The predicted octanol–water partition coefficient (Wildman–Crippen LogP) is 2.39. The van der Waals surface area contributed by atoms with E-state index < -0.39 is 0 Å². The molecule has 0 spiro atoms. The van der Waals surface area contributed by atoms with Gasteiger partial charge in [0, 0.05) is 11.4 Å². The largest absolute Gasteiger partial charge is 0.497 e. The SMILES string of the molecule is COc1ccc(SCC(=O)NCCCN2CCCC2)cc1. The molecule has 4 nitrogen and oxygen atoms in total. The number of likely N-dealkylation sites (tertiary alicyclic amines) is 1. The number of carbonyl (C=O) groups excluding carboxylic acids is 1. The molecule has 0 aromatic heterocycles. The van der Waals surface area contributed by atoms with E-state index in [1.807, 2.05) is 24.3 Å². The highest BCUT2D eigenvalue weighted by Crippen LogP contribution is 2.20. The number of nitrogens with one attached hydrogen (secondary N) is 1. The average Bonchev–Trinajstić information content (AvgIpc) is 3.03. The van der Waals surface area contributed by atoms with Gasteiger partial charge in [-0.15, -0.1) is 11.8 Å². The van der Waals surface area contributed by atoms with Crippen LogP contribution in [0, 0.1) is 0 Å². The summed E-state index contributed by atoms with van der Waals surface area (Å²) >= 11 is 1.55. The molecule has 1 amide bonds. The molecule has 1 aromatic carbocycles. The first-order valence-electron chi connectivity index (χ1n) is 7.54. The molecule has 0 bridgehead atoms. The van der Waals surface area contributed by atoms with E-state index in [-0.39, 0.29) is 5.91 Å². The third kappa shape index (κ3) is 5.98. The lowest BCUT2D eigenvalue weighted by Crippen LogP contribution is -2.29. The van der Waals surface area contributed by atoms with Crippen molar-refractivity contribution in [3.63, 3.8) is 0 Å². The number of amides is 1. The Morgan fingerprint density at radius 1 is 1.29 bits per heavy atom. The number of nitrogens with zero attached hydrogens (tertiary/aromatic N) is 1. The number of hydrogen-bond acceptors (Lipinski definition) is 4. The van der Waals surface area contributed by atoms with E-state index in [1.165, 1.54) is 25.9 Å². The van der Waals surface area contributed by atoms with E-state index in [4.69, 9.17) is 4.74 Å². The lowest BCUT2D eigenvalue weighted by molar-refractivity contribution is -0.118. The van der Waals surface area contributed by atoms with Gasteiger partial charge in [-0.05, 0) is 63.2 Å². The Labute approximate surface area is 131 Å².